The van der Waals surface area contributed by atoms with Crippen molar-refractivity contribution in [2.45, 2.75) is 32.4 Å². The van der Waals surface area contributed by atoms with E-state index in [0.717, 1.165) is 24.8 Å². The summed E-state index contributed by atoms with van der Waals surface area (Å²) in [4.78, 5) is 18.1. The Bertz CT molecular complexity index is 333. The molecule has 0 bridgehead atoms. The third-order valence-corrected chi connectivity index (χ3v) is 4.71. The lowest BCUT2D eigenvalue weighted by Gasteiger charge is -2.34. The molecule has 1 atom stereocenters. The summed E-state index contributed by atoms with van der Waals surface area (Å²) in [5, 5.41) is 6.93. The fourth-order valence-corrected chi connectivity index (χ4v) is 3.24. The third kappa shape index (κ3) is 5.61. The molecule has 1 fully saturated rings. The van der Waals surface area contributed by atoms with E-state index in [2.05, 4.69) is 27.4 Å². The van der Waals surface area contributed by atoms with Crippen LogP contribution in [-0.2, 0) is 4.79 Å². The molecule has 0 spiro atoms. The average molecular weight is 300 g/mol. The van der Waals surface area contributed by atoms with Crippen LogP contribution in [0.3, 0.4) is 0 Å². The van der Waals surface area contributed by atoms with Gasteiger partial charge in [0, 0.05) is 50.1 Å². The molecule has 1 rings (SSSR count). The molecule has 0 saturated carbocycles. The molecule has 6 heteroatoms. The van der Waals surface area contributed by atoms with Crippen LogP contribution in [0.4, 0.5) is 0 Å². The van der Waals surface area contributed by atoms with Gasteiger partial charge in [-0.1, -0.05) is 20.8 Å². The summed E-state index contributed by atoms with van der Waals surface area (Å²) in [6.45, 7) is 9.48. The zero-order valence-electron chi connectivity index (χ0n) is 13.1. The number of carbonyl (C=O) groups is 1. The summed E-state index contributed by atoms with van der Waals surface area (Å²) in [6, 6.07) is 0. The fourth-order valence-electron chi connectivity index (χ4n) is 2.06. The van der Waals surface area contributed by atoms with Crippen molar-refractivity contribution in [1.82, 2.24) is 15.5 Å². The first kappa shape index (κ1) is 17.1. The third-order valence-electron chi connectivity index (χ3n) is 3.34. The molecule has 1 aliphatic rings. The van der Waals surface area contributed by atoms with Gasteiger partial charge < -0.3 is 15.5 Å². The van der Waals surface area contributed by atoms with Gasteiger partial charge in [0.25, 0.3) is 0 Å². The molecule has 0 aliphatic carbocycles. The van der Waals surface area contributed by atoms with E-state index in [0.29, 0.717) is 18.3 Å². The number of aliphatic imine (C=N–C) groups is 1. The zero-order valence-corrected chi connectivity index (χ0v) is 13.9. The van der Waals surface area contributed by atoms with Crippen LogP contribution in [-0.4, -0.2) is 61.0 Å². The van der Waals surface area contributed by atoms with Crippen LogP contribution in [0.15, 0.2) is 4.99 Å². The van der Waals surface area contributed by atoms with E-state index >= 15 is 0 Å². The van der Waals surface area contributed by atoms with Crippen molar-refractivity contribution in [2.75, 3.05) is 39.0 Å². The lowest BCUT2D eigenvalue weighted by molar-refractivity contribution is -0.123. The molecule has 0 aromatic rings. The summed E-state index contributed by atoms with van der Waals surface area (Å²) in [7, 11) is 1.82. The van der Waals surface area contributed by atoms with E-state index in [1.165, 1.54) is 6.42 Å². The Kier molecular flexibility index (Phi) is 7.80. The van der Waals surface area contributed by atoms with Gasteiger partial charge >= 0.3 is 0 Å². The predicted molar refractivity (Wildman–Crippen MR) is 87.3 cm³/mol. The second-order valence-electron chi connectivity index (χ2n) is 5.27. The van der Waals surface area contributed by atoms with E-state index in [4.69, 9.17) is 0 Å². The van der Waals surface area contributed by atoms with Gasteiger partial charge in [-0.05, 0) is 6.42 Å². The molecule has 20 heavy (non-hydrogen) atoms. The van der Waals surface area contributed by atoms with Crippen LogP contribution in [0.2, 0.25) is 0 Å². The minimum absolute atomic E-state index is 0.0405. The molecule has 1 heterocycles. The molecule has 116 valence electrons. The maximum Gasteiger partial charge on any atom is 0.222 e. The largest absolute Gasteiger partial charge is 0.354 e. The maximum absolute atomic E-state index is 11.5. The Morgan fingerprint density at radius 2 is 2.10 bits per heavy atom. The van der Waals surface area contributed by atoms with Gasteiger partial charge in [0.15, 0.2) is 5.96 Å². The number of nitrogens with one attached hydrogen (secondary N) is 2. The van der Waals surface area contributed by atoms with E-state index in [1.807, 2.05) is 32.7 Å². The molecule has 1 saturated heterocycles. The van der Waals surface area contributed by atoms with E-state index in [1.54, 1.807) is 0 Å². The highest BCUT2D eigenvalue weighted by atomic mass is 32.2. The quantitative estimate of drug-likeness (QED) is 0.454. The number of carbonyl (C=O) groups excluding carboxylic acids is 1. The molecule has 0 aromatic heterocycles. The highest BCUT2D eigenvalue weighted by Gasteiger charge is 2.21. The lowest BCUT2D eigenvalue weighted by Crippen LogP contribution is -2.49. The van der Waals surface area contributed by atoms with Gasteiger partial charge in [-0.15, -0.1) is 0 Å². The Morgan fingerprint density at radius 3 is 2.70 bits per heavy atom. The number of amides is 1. The molecule has 1 aliphatic heterocycles. The molecule has 0 radical (unpaired) electrons. The van der Waals surface area contributed by atoms with Crippen molar-refractivity contribution in [3.63, 3.8) is 0 Å². The first-order valence-corrected chi connectivity index (χ1v) is 8.48. The highest BCUT2D eigenvalue weighted by molar-refractivity contribution is 8.00. The van der Waals surface area contributed by atoms with Gasteiger partial charge in [0.05, 0.1) is 0 Å². The summed E-state index contributed by atoms with van der Waals surface area (Å²) in [6.07, 6.45) is 1.20. The first-order chi connectivity index (χ1) is 9.58. The van der Waals surface area contributed by atoms with Crippen LogP contribution >= 0.6 is 11.8 Å². The number of thioether (sulfide) groups is 1. The zero-order chi connectivity index (χ0) is 15.0. The second-order valence-corrected chi connectivity index (χ2v) is 6.68. The summed E-state index contributed by atoms with van der Waals surface area (Å²) < 4.78 is 0. The van der Waals surface area contributed by atoms with E-state index in [-0.39, 0.29) is 11.8 Å². The van der Waals surface area contributed by atoms with Crippen LogP contribution in [0, 0.1) is 5.92 Å². The van der Waals surface area contributed by atoms with Crippen LogP contribution in [0.25, 0.3) is 0 Å². The van der Waals surface area contributed by atoms with Gasteiger partial charge in [-0.25, -0.2) is 0 Å². The van der Waals surface area contributed by atoms with E-state index < -0.39 is 0 Å². The summed E-state index contributed by atoms with van der Waals surface area (Å²) in [5.41, 5.74) is 0. The minimum Gasteiger partial charge on any atom is -0.354 e. The van der Waals surface area contributed by atoms with Gasteiger partial charge in [0.2, 0.25) is 5.91 Å². The van der Waals surface area contributed by atoms with Gasteiger partial charge in [-0.2, -0.15) is 11.8 Å². The number of hydrogen-bond donors (Lipinski definition) is 2. The molecule has 0 aromatic carbocycles. The SMILES string of the molecule is CCC1CN(C(=NC)NCCNC(=O)C(C)C)CCS1. The Balaban J connectivity index is 2.31. The number of guanidine groups is 1. The van der Waals surface area contributed by atoms with Crippen molar-refractivity contribution in [1.29, 1.82) is 0 Å². The lowest BCUT2D eigenvalue weighted by atomic mass is 10.2. The van der Waals surface area contributed by atoms with Crippen molar-refractivity contribution in [3.05, 3.63) is 0 Å². The maximum atomic E-state index is 11.5. The van der Waals surface area contributed by atoms with Crippen LogP contribution in [0.1, 0.15) is 27.2 Å². The predicted octanol–water partition coefficient (Wildman–Crippen LogP) is 1.16. The van der Waals surface area contributed by atoms with Crippen LogP contribution in [0.5, 0.6) is 0 Å². The Morgan fingerprint density at radius 1 is 1.40 bits per heavy atom. The van der Waals surface area contributed by atoms with E-state index in [9.17, 15) is 4.79 Å². The molecular formula is C14H28N4OS. The Labute approximate surface area is 127 Å². The van der Waals surface area contributed by atoms with Gasteiger partial charge in [0.1, 0.15) is 0 Å². The molecule has 1 amide bonds. The monoisotopic (exact) mass is 300 g/mol. The standard InChI is InChI=1S/C14H28N4OS/c1-5-12-10-18(8-9-20-12)14(15-4)17-7-6-16-13(19)11(2)3/h11-12H,5-10H2,1-4H3,(H,15,17)(H,16,19). The minimum atomic E-state index is 0.0405. The molecule has 5 nitrogen and oxygen atoms in total. The molecular weight excluding hydrogens is 272 g/mol. The van der Waals surface area contributed by atoms with Gasteiger partial charge in [-0.3, -0.25) is 9.79 Å². The fraction of sp³-hybridized carbons (Fsp3) is 0.857. The number of nitrogens with zero attached hydrogens (tertiary/aromatic N) is 2. The van der Waals surface area contributed by atoms with Crippen molar-refractivity contribution < 1.29 is 4.79 Å². The summed E-state index contributed by atoms with van der Waals surface area (Å²) >= 11 is 2.05. The first-order valence-electron chi connectivity index (χ1n) is 7.43. The average Bonchev–Trinajstić information content (AvgIpc) is 2.47. The smallest absolute Gasteiger partial charge is 0.222 e. The molecule has 1 unspecified atom stereocenters. The van der Waals surface area contributed by atoms with Crippen molar-refractivity contribution >= 4 is 23.6 Å². The second kappa shape index (κ2) is 9.10. The van der Waals surface area contributed by atoms with Crippen molar-refractivity contribution in [2.24, 2.45) is 10.9 Å². The van der Waals surface area contributed by atoms with Crippen molar-refractivity contribution in [3.8, 4) is 0 Å². The Hall–Kier alpha value is -0.910. The molecule has 2 N–H and O–H groups in total. The summed E-state index contributed by atoms with van der Waals surface area (Å²) in [5.74, 6) is 2.24. The highest BCUT2D eigenvalue weighted by Crippen LogP contribution is 2.20. The normalized spacial score (nSPS) is 20.1. The number of hydrogen-bond acceptors (Lipinski definition) is 3. The van der Waals surface area contributed by atoms with Crippen LogP contribution < -0.4 is 10.6 Å². The topological polar surface area (TPSA) is 56.7 Å². The number of rotatable bonds is 5.